The number of rotatable bonds is 9. The van der Waals surface area contributed by atoms with E-state index in [2.05, 4.69) is 12.5 Å². The fourth-order valence-corrected chi connectivity index (χ4v) is 2.52. The van der Waals surface area contributed by atoms with Crippen LogP contribution in [0.1, 0.15) is 43.7 Å². The molecule has 0 radical (unpaired) electrons. The van der Waals surface area contributed by atoms with Gasteiger partial charge in [0.05, 0.1) is 13.2 Å². The van der Waals surface area contributed by atoms with Crippen LogP contribution in [0.15, 0.2) is 36.4 Å². The zero-order chi connectivity index (χ0) is 23.7. The van der Waals surface area contributed by atoms with Crippen molar-refractivity contribution in [2.75, 3.05) is 13.2 Å². The summed E-state index contributed by atoms with van der Waals surface area (Å²) in [5.74, 6) is -5.72. The van der Waals surface area contributed by atoms with E-state index in [1.165, 1.54) is 12.1 Å². The lowest BCUT2D eigenvalue weighted by atomic mass is 10.1. The lowest BCUT2D eigenvalue weighted by Gasteiger charge is -2.07. The fourth-order valence-electron chi connectivity index (χ4n) is 2.52. The van der Waals surface area contributed by atoms with Crippen molar-refractivity contribution >= 4 is 5.97 Å². The Morgan fingerprint density at radius 2 is 1.34 bits per heavy atom. The van der Waals surface area contributed by atoms with Crippen molar-refractivity contribution in [2.24, 2.45) is 0 Å². The van der Waals surface area contributed by atoms with Crippen LogP contribution in [0.25, 0.3) is 0 Å². The number of esters is 1. The van der Waals surface area contributed by atoms with Gasteiger partial charge in [-0.15, -0.1) is 0 Å². The van der Waals surface area contributed by atoms with Crippen molar-refractivity contribution < 1.29 is 36.2 Å². The van der Waals surface area contributed by atoms with Gasteiger partial charge in [0.2, 0.25) is 5.82 Å². The second kappa shape index (κ2) is 11.9. The minimum absolute atomic E-state index is 0.311. The van der Waals surface area contributed by atoms with Gasteiger partial charge in [-0.05, 0) is 56.9 Å². The number of halogens is 5. The smallest absolute Gasteiger partial charge is 0.333 e. The molecule has 0 bridgehead atoms. The standard InChI is InChI=1S/C24H21F5O3/c1-15(2)24(30)32-14-6-4-3-5-13-31-17-10-7-16(8-11-17)9-12-18-19(25)21(27)23(29)22(28)20(18)26/h7-8,10-11H,1,3-6,13-14H2,2H3. The Balaban J connectivity index is 1.80. The maximum Gasteiger partial charge on any atom is 0.333 e. The molecule has 0 aromatic heterocycles. The Kier molecular flexibility index (Phi) is 9.26. The molecule has 0 aliphatic rings. The van der Waals surface area contributed by atoms with Gasteiger partial charge < -0.3 is 9.47 Å². The number of unbranched alkanes of at least 4 members (excludes halogenated alkanes) is 3. The highest BCUT2D eigenvalue weighted by Crippen LogP contribution is 2.22. The third kappa shape index (κ3) is 6.84. The van der Waals surface area contributed by atoms with E-state index in [4.69, 9.17) is 9.47 Å². The van der Waals surface area contributed by atoms with Crippen LogP contribution < -0.4 is 4.74 Å². The molecule has 0 heterocycles. The van der Waals surface area contributed by atoms with Gasteiger partial charge in [0, 0.05) is 11.1 Å². The topological polar surface area (TPSA) is 35.5 Å². The number of hydrogen-bond acceptors (Lipinski definition) is 3. The summed E-state index contributed by atoms with van der Waals surface area (Å²) in [6, 6.07) is 6.17. The second-order valence-corrected chi connectivity index (χ2v) is 6.90. The molecule has 0 unspecified atom stereocenters. The quantitative estimate of drug-likeness (QED) is 0.0912. The molecule has 2 aromatic carbocycles. The lowest BCUT2D eigenvalue weighted by molar-refractivity contribution is -0.139. The predicted molar refractivity (Wildman–Crippen MR) is 108 cm³/mol. The van der Waals surface area contributed by atoms with Crippen molar-refractivity contribution in [1.82, 2.24) is 0 Å². The third-order valence-corrected chi connectivity index (χ3v) is 4.28. The monoisotopic (exact) mass is 452 g/mol. The Hall–Kier alpha value is -3.34. The maximum absolute atomic E-state index is 13.6. The van der Waals surface area contributed by atoms with E-state index in [9.17, 15) is 26.7 Å². The summed E-state index contributed by atoms with van der Waals surface area (Å²) in [5.41, 5.74) is -0.505. The highest BCUT2D eigenvalue weighted by atomic mass is 19.2. The fraction of sp³-hybridized carbons (Fsp3) is 0.292. The third-order valence-electron chi connectivity index (χ3n) is 4.28. The minimum atomic E-state index is -2.22. The van der Waals surface area contributed by atoms with Crippen molar-refractivity contribution in [2.45, 2.75) is 32.6 Å². The molecule has 0 spiro atoms. The maximum atomic E-state index is 13.6. The average Bonchev–Trinajstić information content (AvgIpc) is 2.78. The van der Waals surface area contributed by atoms with Gasteiger partial charge in [0.15, 0.2) is 23.3 Å². The highest BCUT2D eigenvalue weighted by Gasteiger charge is 2.24. The largest absolute Gasteiger partial charge is 0.494 e. The van der Waals surface area contributed by atoms with Crippen LogP contribution in [-0.2, 0) is 9.53 Å². The molecule has 2 aromatic rings. The molecule has 3 nitrogen and oxygen atoms in total. The molecule has 2 rings (SSSR count). The molecule has 170 valence electrons. The van der Waals surface area contributed by atoms with Gasteiger partial charge in [-0.3, -0.25) is 0 Å². The van der Waals surface area contributed by atoms with Gasteiger partial charge in [0.25, 0.3) is 0 Å². The van der Waals surface area contributed by atoms with Gasteiger partial charge in [-0.1, -0.05) is 18.4 Å². The summed E-state index contributed by atoms with van der Waals surface area (Å²) in [7, 11) is 0. The highest BCUT2D eigenvalue weighted by molar-refractivity contribution is 5.86. The van der Waals surface area contributed by atoms with E-state index in [0.717, 1.165) is 25.7 Å². The molecule has 32 heavy (non-hydrogen) atoms. The zero-order valence-corrected chi connectivity index (χ0v) is 17.4. The van der Waals surface area contributed by atoms with E-state index < -0.39 is 40.6 Å². The molecule has 8 heteroatoms. The number of carbonyl (C=O) groups excluding carboxylic acids is 1. The van der Waals surface area contributed by atoms with Crippen molar-refractivity contribution in [1.29, 1.82) is 0 Å². The molecule has 0 amide bonds. The summed E-state index contributed by atoms with van der Waals surface area (Å²) >= 11 is 0. The Labute approximate surface area is 182 Å². The van der Waals surface area contributed by atoms with Gasteiger partial charge in [0.1, 0.15) is 11.3 Å². The Morgan fingerprint density at radius 1 is 0.812 bits per heavy atom. The average molecular weight is 452 g/mol. The van der Waals surface area contributed by atoms with Crippen LogP contribution >= 0.6 is 0 Å². The first kappa shape index (κ1) is 24.9. The van der Waals surface area contributed by atoms with Gasteiger partial charge >= 0.3 is 5.97 Å². The SMILES string of the molecule is C=C(C)C(=O)OCCCCCCOc1ccc(C#Cc2c(F)c(F)c(F)c(F)c2F)cc1. The molecular formula is C24H21F5O3. The summed E-state index contributed by atoms with van der Waals surface area (Å²) in [6.45, 7) is 5.90. The van der Waals surface area contributed by atoms with Crippen molar-refractivity contribution in [3.8, 4) is 17.6 Å². The molecule has 0 saturated heterocycles. The Bertz CT molecular complexity index is 1010. The molecule has 0 N–H and O–H groups in total. The first-order chi connectivity index (χ1) is 15.2. The molecule has 0 atom stereocenters. The predicted octanol–water partition coefficient (Wildman–Crippen LogP) is 5.84. The van der Waals surface area contributed by atoms with E-state index in [0.29, 0.717) is 30.1 Å². The van der Waals surface area contributed by atoms with Crippen LogP contribution in [0.5, 0.6) is 5.75 Å². The first-order valence-corrected chi connectivity index (χ1v) is 9.81. The summed E-state index contributed by atoms with van der Waals surface area (Å²) in [4.78, 5) is 11.2. The van der Waals surface area contributed by atoms with E-state index >= 15 is 0 Å². The van der Waals surface area contributed by atoms with Crippen molar-refractivity contribution in [3.05, 3.63) is 76.6 Å². The van der Waals surface area contributed by atoms with E-state index in [-0.39, 0.29) is 0 Å². The number of ether oxygens (including phenoxy) is 2. The summed E-state index contributed by atoms with van der Waals surface area (Å²) in [5, 5.41) is 0. The van der Waals surface area contributed by atoms with Crippen LogP contribution in [0, 0.1) is 40.9 Å². The summed E-state index contributed by atoms with van der Waals surface area (Å²) < 4.78 is 77.3. The minimum Gasteiger partial charge on any atom is -0.494 e. The zero-order valence-electron chi connectivity index (χ0n) is 17.4. The van der Waals surface area contributed by atoms with Gasteiger partial charge in [-0.2, -0.15) is 0 Å². The first-order valence-electron chi connectivity index (χ1n) is 9.81. The summed E-state index contributed by atoms with van der Waals surface area (Å²) in [6.07, 6.45) is 3.29. The lowest BCUT2D eigenvalue weighted by Crippen LogP contribution is -2.06. The number of benzene rings is 2. The van der Waals surface area contributed by atoms with E-state index in [1.807, 2.05) is 5.92 Å². The molecule has 0 aliphatic carbocycles. The second-order valence-electron chi connectivity index (χ2n) is 6.90. The van der Waals surface area contributed by atoms with Crippen LogP contribution in [-0.4, -0.2) is 19.2 Å². The normalized spacial score (nSPS) is 10.3. The molecule has 0 aliphatic heterocycles. The Morgan fingerprint density at radius 3 is 1.91 bits per heavy atom. The molecule has 0 fully saturated rings. The van der Waals surface area contributed by atoms with Crippen molar-refractivity contribution in [3.63, 3.8) is 0 Å². The molecular weight excluding hydrogens is 431 g/mol. The van der Waals surface area contributed by atoms with Crippen LogP contribution in [0.4, 0.5) is 22.0 Å². The van der Waals surface area contributed by atoms with Crippen LogP contribution in [0.3, 0.4) is 0 Å². The van der Waals surface area contributed by atoms with Crippen LogP contribution in [0.2, 0.25) is 0 Å². The van der Waals surface area contributed by atoms with E-state index in [1.54, 1.807) is 19.1 Å². The van der Waals surface area contributed by atoms with Gasteiger partial charge in [-0.25, -0.2) is 26.7 Å². The number of hydrogen-bond donors (Lipinski definition) is 0. The molecule has 0 saturated carbocycles. The number of carbonyl (C=O) groups is 1.